The van der Waals surface area contributed by atoms with Crippen LogP contribution >= 0.6 is 11.6 Å². The molecular formula is C10H8ClF3O2. The van der Waals surface area contributed by atoms with Crippen LogP contribution in [0.15, 0.2) is 18.2 Å². The minimum atomic E-state index is -4.47. The lowest BCUT2D eigenvalue weighted by atomic mass is 10.1. The molecule has 0 atom stereocenters. The van der Waals surface area contributed by atoms with Crippen LogP contribution in [0.4, 0.5) is 13.2 Å². The lowest BCUT2D eigenvalue weighted by molar-refractivity contribution is -0.137. The largest absolute Gasteiger partial charge is 0.417 e. The molecule has 0 N–H and O–H groups in total. The van der Waals surface area contributed by atoms with Gasteiger partial charge in [0.25, 0.3) is 0 Å². The number of benzene rings is 1. The van der Waals surface area contributed by atoms with Crippen LogP contribution in [0.25, 0.3) is 0 Å². The second-order valence-electron chi connectivity index (χ2n) is 3.31. The van der Waals surface area contributed by atoms with Gasteiger partial charge in [0.1, 0.15) is 0 Å². The summed E-state index contributed by atoms with van der Waals surface area (Å²) in [7, 11) is 0. The van der Waals surface area contributed by atoms with Crippen molar-refractivity contribution in [3.05, 3.63) is 34.3 Å². The Kier molecular flexibility index (Phi) is 3.10. The molecule has 6 heteroatoms. The predicted octanol–water partition coefficient (Wildman–Crippen LogP) is 3.40. The fourth-order valence-electron chi connectivity index (χ4n) is 1.46. The average Bonchev–Trinajstić information content (AvgIpc) is 2.69. The minimum Gasteiger partial charge on any atom is -0.346 e. The van der Waals surface area contributed by atoms with Gasteiger partial charge in [-0.05, 0) is 12.1 Å². The Balaban J connectivity index is 2.35. The average molecular weight is 253 g/mol. The highest BCUT2D eigenvalue weighted by molar-refractivity contribution is 6.31. The quantitative estimate of drug-likeness (QED) is 0.763. The summed E-state index contributed by atoms with van der Waals surface area (Å²) in [6, 6.07) is 3.62. The predicted molar refractivity (Wildman–Crippen MR) is 51.1 cm³/mol. The van der Waals surface area contributed by atoms with Crippen LogP contribution in [0, 0.1) is 0 Å². The molecular weight excluding hydrogens is 245 g/mol. The first-order valence-electron chi connectivity index (χ1n) is 4.58. The smallest absolute Gasteiger partial charge is 0.346 e. The maximum absolute atomic E-state index is 12.5. The number of hydrogen-bond donors (Lipinski definition) is 0. The topological polar surface area (TPSA) is 18.5 Å². The first-order valence-corrected chi connectivity index (χ1v) is 4.96. The van der Waals surface area contributed by atoms with E-state index in [-0.39, 0.29) is 5.02 Å². The highest BCUT2D eigenvalue weighted by Gasteiger charge is 2.34. The minimum absolute atomic E-state index is 0.325. The van der Waals surface area contributed by atoms with Crippen LogP contribution in [0.3, 0.4) is 0 Å². The van der Waals surface area contributed by atoms with E-state index < -0.39 is 18.0 Å². The van der Waals surface area contributed by atoms with Gasteiger partial charge in [0.2, 0.25) is 0 Å². The molecule has 0 saturated carbocycles. The molecule has 16 heavy (non-hydrogen) atoms. The molecule has 2 nitrogen and oxygen atoms in total. The number of ether oxygens (including phenoxy) is 2. The third-order valence-electron chi connectivity index (χ3n) is 2.19. The van der Waals surface area contributed by atoms with E-state index in [1.54, 1.807) is 0 Å². The second kappa shape index (κ2) is 4.24. The van der Waals surface area contributed by atoms with Crippen molar-refractivity contribution in [3.63, 3.8) is 0 Å². The zero-order valence-electron chi connectivity index (χ0n) is 8.05. The van der Waals surface area contributed by atoms with Gasteiger partial charge in [-0.15, -0.1) is 0 Å². The maximum atomic E-state index is 12.5. The molecule has 88 valence electrons. The van der Waals surface area contributed by atoms with Crippen LogP contribution in [0.2, 0.25) is 5.02 Å². The molecule has 1 saturated heterocycles. The molecule has 0 radical (unpaired) electrons. The van der Waals surface area contributed by atoms with E-state index >= 15 is 0 Å². The first kappa shape index (κ1) is 11.7. The molecule has 1 aliphatic rings. The monoisotopic (exact) mass is 252 g/mol. The van der Waals surface area contributed by atoms with Crippen molar-refractivity contribution in [2.45, 2.75) is 12.5 Å². The van der Waals surface area contributed by atoms with E-state index in [0.29, 0.717) is 18.8 Å². The second-order valence-corrected chi connectivity index (χ2v) is 3.72. The fraction of sp³-hybridized carbons (Fsp3) is 0.400. The SMILES string of the molecule is FC(F)(F)c1cc(C2OCCO2)ccc1Cl. The molecule has 0 bridgehead atoms. The van der Waals surface area contributed by atoms with Crippen molar-refractivity contribution in [3.8, 4) is 0 Å². The maximum Gasteiger partial charge on any atom is 0.417 e. The number of alkyl halides is 3. The summed E-state index contributed by atoms with van der Waals surface area (Å²) in [5.41, 5.74) is -0.542. The van der Waals surface area contributed by atoms with Gasteiger partial charge in [-0.25, -0.2) is 0 Å². The number of halogens is 4. The van der Waals surface area contributed by atoms with E-state index in [1.807, 2.05) is 0 Å². The number of hydrogen-bond acceptors (Lipinski definition) is 2. The third kappa shape index (κ3) is 2.31. The lowest BCUT2D eigenvalue weighted by Crippen LogP contribution is -2.08. The summed E-state index contributed by atoms with van der Waals surface area (Å²) >= 11 is 5.49. The van der Waals surface area contributed by atoms with Crippen molar-refractivity contribution >= 4 is 11.6 Å². The zero-order valence-corrected chi connectivity index (χ0v) is 8.81. The van der Waals surface area contributed by atoms with Crippen LogP contribution in [0.1, 0.15) is 17.4 Å². The Hall–Kier alpha value is -0.780. The van der Waals surface area contributed by atoms with Crippen molar-refractivity contribution in [1.82, 2.24) is 0 Å². The molecule has 1 aliphatic heterocycles. The van der Waals surface area contributed by atoms with E-state index in [1.165, 1.54) is 12.1 Å². The Labute approximate surface area is 94.9 Å². The third-order valence-corrected chi connectivity index (χ3v) is 2.52. The Morgan fingerprint density at radius 2 is 1.81 bits per heavy atom. The van der Waals surface area contributed by atoms with Gasteiger partial charge in [-0.2, -0.15) is 13.2 Å². The van der Waals surface area contributed by atoms with Gasteiger partial charge < -0.3 is 9.47 Å². The first-order chi connectivity index (χ1) is 7.48. The summed E-state index contributed by atoms with van der Waals surface area (Å²) < 4.78 is 47.9. The molecule has 1 fully saturated rings. The summed E-state index contributed by atoms with van der Waals surface area (Å²) in [5.74, 6) is 0. The Morgan fingerprint density at radius 3 is 2.38 bits per heavy atom. The highest BCUT2D eigenvalue weighted by Crippen LogP contribution is 2.37. The standard InChI is InChI=1S/C10H8ClF3O2/c11-8-2-1-6(9-15-3-4-16-9)5-7(8)10(12,13)14/h1-2,5,9H,3-4H2. The zero-order chi connectivity index (χ0) is 11.8. The normalized spacial score (nSPS) is 18.0. The molecule has 0 spiro atoms. The van der Waals surface area contributed by atoms with Crippen molar-refractivity contribution in [1.29, 1.82) is 0 Å². The van der Waals surface area contributed by atoms with Crippen LogP contribution < -0.4 is 0 Å². The molecule has 0 aromatic heterocycles. The van der Waals surface area contributed by atoms with Crippen molar-refractivity contribution < 1.29 is 22.6 Å². The van der Waals surface area contributed by atoms with Gasteiger partial charge in [-0.1, -0.05) is 17.7 Å². The summed E-state index contributed by atoms with van der Waals surface area (Å²) in [4.78, 5) is 0. The van der Waals surface area contributed by atoms with Crippen LogP contribution in [0.5, 0.6) is 0 Å². The number of rotatable bonds is 1. The molecule has 0 aliphatic carbocycles. The van der Waals surface area contributed by atoms with Gasteiger partial charge in [0, 0.05) is 5.56 Å². The van der Waals surface area contributed by atoms with Crippen LogP contribution in [-0.4, -0.2) is 13.2 Å². The van der Waals surface area contributed by atoms with Gasteiger partial charge in [-0.3, -0.25) is 0 Å². The Morgan fingerprint density at radius 1 is 1.19 bits per heavy atom. The molecule has 0 amide bonds. The fourth-order valence-corrected chi connectivity index (χ4v) is 1.68. The van der Waals surface area contributed by atoms with Crippen molar-refractivity contribution in [2.75, 3.05) is 13.2 Å². The lowest BCUT2D eigenvalue weighted by Gasteiger charge is -2.13. The molecule has 0 unspecified atom stereocenters. The Bertz CT molecular complexity index is 386. The van der Waals surface area contributed by atoms with Crippen molar-refractivity contribution in [2.24, 2.45) is 0 Å². The van der Waals surface area contributed by atoms with E-state index in [9.17, 15) is 13.2 Å². The van der Waals surface area contributed by atoms with E-state index in [0.717, 1.165) is 6.07 Å². The van der Waals surface area contributed by atoms with Gasteiger partial charge >= 0.3 is 6.18 Å². The summed E-state index contributed by atoms with van der Waals surface area (Å²) in [5, 5.41) is -0.325. The van der Waals surface area contributed by atoms with E-state index in [2.05, 4.69) is 0 Å². The molecule has 1 aromatic rings. The molecule has 1 heterocycles. The van der Waals surface area contributed by atoms with Crippen LogP contribution in [-0.2, 0) is 15.7 Å². The molecule has 1 aromatic carbocycles. The highest BCUT2D eigenvalue weighted by atomic mass is 35.5. The van der Waals surface area contributed by atoms with E-state index in [4.69, 9.17) is 21.1 Å². The summed E-state index contributed by atoms with van der Waals surface area (Å²) in [6.07, 6.45) is -5.19. The summed E-state index contributed by atoms with van der Waals surface area (Å²) in [6.45, 7) is 0.767. The van der Waals surface area contributed by atoms with Gasteiger partial charge in [0.15, 0.2) is 6.29 Å². The van der Waals surface area contributed by atoms with Gasteiger partial charge in [0.05, 0.1) is 23.8 Å². The molecule has 2 rings (SSSR count).